The van der Waals surface area contributed by atoms with Crippen LogP contribution in [-0.4, -0.2) is 51.2 Å². The summed E-state index contributed by atoms with van der Waals surface area (Å²) >= 11 is 0. The van der Waals surface area contributed by atoms with E-state index in [0.717, 1.165) is 17.7 Å². The maximum atomic E-state index is 12.5. The van der Waals surface area contributed by atoms with E-state index in [1.54, 1.807) is 17.0 Å². The first-order valence-electron chi connectivity index (χ1n) is 8.77. The van der Waals surface area contributed by atoms with E-state index in [2.05, 4.69) is 5.32 Å². The lowest BCUT2D eigenvalue weighted by atomic mass is 10.0. The zero-order valence-corrected chi connectivity index (χ0v) is 15.0. The molecule has 0 atom stereocenters. The Labute approximate surface area is 156 Å². The first-order valence-corrected chi connectivity index (χ1v) is 8.77. The van der Waals surface area contributed by atoms with Gasteiger partial charge in [-0.3, -0.25) is 9.59 Å². The molecule has 1 aliphatic heterocycles. The third kappa shape index (κ3) is 4.13. The highest BCUT2D eigenvalue weighted by Crippen LogP contribution is 2.35. The van der Waals surface area contributed by atoms with Gasteiger partial charge in [0.05, 0.1) is 0 Å². The van der Waals surface area contributed by atoms with Crippen molar-refractivity contribution in [1.29, 1.82) is 0 Å². The molecule has 7 nitrogen and oxygen atoms in total. The summed E-state index contributed by atoms with van der Waals surface area (Å²) in [6.07, 6.45) is 1.22. The number of nitrogens with zero attached hydrogens (tertiary/aromatic N) is 1. The maximum absolute atomic E-state index is 12.5. The fraction of sp³-hybridized carbons (Fsp3) is 0.300. The van der Waals surface area contributed by atoms with Crippen LogP contribution < -0.4 is 5.32 Å². The van der Waals surface area contributed by atoms with Crippen LogP contribution >= 0.6 is 0 Å². The van der Waals surface area contributed by atoms with Gasteiger partial charge in [0.15, 0.2) is 17.2 Å². The predicted molar refractivity (Wildman–Crippen MR) is 99.0 cm³/mol. The van der Waals surface area contributed by atoms with E-state index in [9.17, 15) is 24.9 Å². The number of amides is 2. The Morgan fingerprint density at radius 1 is 0.963 bits per heavy atom. The minimum atomic E-state index is -0.649. The highest BCUT2D eigenvalue weighted by Gasteiger charge is 2.26. The van der Waals surface area contributed by atoms with Crippen molar-refractivity contribution < 1.29 is 24.9 Å². The van der Waals surface area contributed by atoms with E-state index < -0.39 is 17.2 Å². The average Bonchev–Trinajstić information content (AvgIpc) is 2.66. The molecule has 1 aliphatic rings. The molecule has 2 amide bonds. The Hall–Kier alpha value is -3.22. The molecule has 0 aromatic heterocycles. The number of hydrogen-bond acceptors (Lipinski definition) is 5. The summed E-state index contributed by atoms with van der Waals surface area (Å²) in [5.74, 6) is -2.21. The molecule has 0 unspecified atom stereocenters. The van der Waals surface area contributed by atoms with Crippen LogP contribution in [-0.2, 0) is 0 Å². The number of rotatable bonds is 3. The van der Waals surface area contributed by atoms with E-state index in [4.69, 9.17) is 0 Å². The van der Waals surface area contributed by atoms with Gasteiger partial charge in [-0.15, -0.1) is 0 Å². The number of carbonyl (C=O) groups excluding carboxylic acids is 2. The first-order chi connectivity index (χ1) is 12.8. The smallest absolute Gasteiger partial charge is 0.254 e. The van der Waals surface area contributed by atoms with Crippen molar-refractivity contribution in [2.24, 2.45) is 0 Å². The molecule has 4 N–H and O–H groups in total. The summed E-state index contributed by atoms with van der Waals surface area (Å²) in [4.78, 5) is 26.4. The van der Waals surface area contributed by atoms with Gasteiger partial charge in [-0.25, -0.2) is 0 Å². The number of hydrogen-bond donors (Lipinski definition) is 4. The van der Waals surface area contributed by atoms with Crippen LogP contribution in [0.4, 0.5) is 0 Å². The zero-order chi connectivity index (χ0) is 19.6. The molecule has 0 radical (unpaired) electrons. The lowest BCUT2D eigenvalue weighted by molar-refractivity contribution is 0.0697. The molecule has 27 heavy (non-hydrogen) atoms. The number of aromatic hydroxyl groups is 3. The second kappa shape index (κ2) is 7.57. The zero-order valence-electron chi connectivity index (χ0n) is 15.0. The van der Waals surface area contributed by atoms with Crippen molar-refractivity contribution in [1.82, 2.24) is 10.2 Å². The van der Waals surface area contributed by atoms with Gasteiger partial charge < -0.3 is 25.5 Å². The minimum absolute atomic E-state index is 0.0236. The molecule has 2 aromatic carbocycles. The van der Waals surface area contributed by atoms with E-state index in [-0.39, 0.29) is 23.4 Å². The van der Waals surface area contributed by atoms with E-state index in [1.165, 1.54) is 0 Å². The number of nitrogens with one attached hydrogen (secondary N) is 1. The summed E-state index contributed by atoms with van der Waals surface area (Å²) in [6, 6.07) is 9.58. The molecule has 3 rings (SSSR count). The van der Waals surface area contributed by atoms with Crippen LogP contribution in [0.5, 0.6) is 17.2 Å². The van der Waals surface area contributed by atoms with Crippen LogP contribution in [0, 0.1) is 6.92 Å². The lowest BCUT2D eigenvalue weighted by Crippen LogP contribution is -2.46. The molecule has 1 heterocycles. The Morgan fingerprint density at radius 3 is 2.07 bits per heavy atom. The van der Waals surface area contributed by atoms with Crippen molar-refractivity contribution in [2.45, 2.75) is 25.8 Å². The minimum Gasteiger partial charge on any atom is -0.504 e. The second-order valence-electron chi connectivity index (χ2n) is 6.77. The number of benzene rings is 2. The Kier molecular flexibility index (Phi) is 5.21. The van der Waals surface area contributed by atoms with Gasteiger partial charge in [-0.05, 0) is 44.0 Å². The van der Waals surface area contributed by atoms with Gasteiger partial charge in [0.2, 0.25) is 0 Å². The SMILES string of the molecule is Cc1ccc(C(=O)NC2CCN(C(=O)c3cc(O)c(O)c(O)c3)CC2)cc1. The van der Waals surface area contributed by atoms with Gasteiger partial charge in [-0.1, -0.05) is 17.7 Å². The highest BCUT2D eigenvalue weighted by atomic mass is 16.3. The molecule has 0 spiro atoms. The second-order valence-corrected chi connectivity index (χ2v) is 6.77. The van der Waals surface area contributed by atoms with Crippen molar-refractivity contribution in [3.05, 3.63) is 53.1 Å². The fourth-order valence-electron chi connectivity index (χ4n) is 3.11. The Morgan fingerprint density at radius 2 is 1.52 bits per heavy atom. The molecular formula is C20H22N2O5. The summed E-state index contributed by atoms with van der Waals surface area (Å²) in [7, 11) is 0. The molecule has 0 aliphatic carbocycles. The van der Waals surface area contributed by atoms with Crippen molar-refractivity contribution >= 4 is 11.8 Å². The van der Waals surface area contributed by atoms with Gasteiger partial charge in [0.25, 0.3) is 11.8 Å². The summed E-state index contributed by atoms with van der Waals surface area (Å²) in [6.45, 7) is 2.85. The summed E-state index contributed by atoms with van der Waals surface area (Å²) in [5.41, 5.74) is 1.80. The molecule has 2 aromatic rings. The molecule has 1 saturated heterocycles. The normalized spacial score (nSPS) is 14.8. The number of likely N-dealkylation sites (tertiary alicyclic amines) is 1. The lowest BCUT2D eigenvalue weighted by Gasteiger charge is -2.32. The number of carbonyl (C=O) groups is 2. The van der Waals surface area contributed by atoms with E-state index in [1.807, 2.05) is 19.1 Å². The first kappa shape index (κ1) is 18.6. The standard InChI is InChI=1S/C20H22N2O5/c1-12-2-4-13(5-3-12)19(26)21-15-6-8-22(9-7-15)20(27)14-10-16(23)18(25)17(24)11-14/h2-5,10-11,15,23-25H,6-9H2,1H3,(H,21,26). The van der Waals surface area contributed by atoms with Crippen LogP contribution in [0.1, 0.15) is 39.1 Å². The molecule has 1 fully saturated rings. The Bertz CT molecular complexity index is 832. The maximum Gasteiger partial charge on any atom is 0.254 e. The number of phenolic OH excluding ortho intramolecular Hbond substituents is 3. The topological polar surface area (TPSA) is 110 Å². The third-order valence-electron chi connectivity index (χ3n) is 4.75. The summed E-state index contributed by atoms with van der Waals surface area (Å²) < 4.78 is 0. The van der Waals surface area contributed by atoms with E-state index >= 15 is 0 Å². The molecule has 0 saturated carbocycles. The molecular weight excluding hydrogens is 348 g/mol. The predicted octanol–water partition coefficient (Wildman–Crippen LogP) is 2.15. The van der Waals surface area contributed by atoms with Crippen LogP contribution in [0.25, 0.3) is 0 Å². The third-order valence-corrected chi connectivity index (χ3v) is 4.75. The Balaban J connectivity index is 1.57. The van der Waals surface area contributed by atoms with Crippen LogP contribution in [0.15, 0.2) is 36.4 Å². The van der Waals surface area contributed by atoms with Gasteiger partial charge in [0.1, 0.15) is 0 Å². The number of piperidine rings is 1. The largest absolute Gasteiger partial charge is 0.504 e. The van der Waals surface area contributed by atoms with E-state index in [0.29, 0.717) is 31.5 Å². The van der Waals surface area contributed by atoms with Gasteiger partial charge in [-0.2, -0.15) is 0 Å². The van der Waals surface area contributed by atoms with Crippen molar-refractivity contribution in [2.75, 3.05) is 13.1 Å². The quantitative estimate of drug-likeness (QED) is 0.619. The number of phenols is 3. The van der Waals surface area contributed by atoms with Crippen molar-refractivity contribution in [3.63, 3.8) is 0 Å². The van der Waals surface area contributed by atoms with Gasteiger partial charge >= 0.3 is 0 Å². The average molecular weight is 370 g/mol. The number of aryl methyl sites for hydroxylation is 1. The highest BCUT2D eigenvalue weighted by molar-refractivity contribution is 5.96. The molecule has 142 valence electrons. The summed E-state index contributed by atoms with van der Waals surface area (Å²) in [5, 5.41) is 31.5. The van der Waals surface area contributed by atoms with Crippen LogP contribution in [0.3, 0.4) is 0 Å². The van der Waals surface area contributed by atoms with Crippen molar-refractivity contribution in [3.8, 4) is 17.2 Å². The monoisotopic (exact) mass is 370 g/mol. The molecule has 0 bridgehead atoms. The fourth-order valence-corrected chi connectivity index (χ4v) is 3.11. The molecule has 7 heteroatoms. The van der Waals surface area contributed by atoms with Gasteiger partial charge in [0, 0.05) is 30.3 Å². The van der Waals surface area contributed by atoms with Crippen LogP contribution in [0.2, 0.25) is 0 Å².